The molecule has 0 radical (unpaired) electrons. The first kappa shape index (κ1) is 16.2. The van der Waals surface area contributed by atoms with Crippen LogP contribution in [0.2, 0.25) is 0 Å². The molecule has 3 rings (SSSR count). The number of carbonyl (C=O) groups is 2. The van der Waals surface area contributed by atoms with Crippen LogP contribution >= 0.6 is 0 Å². The first-order valence-electron chi connectivity index (χ1n) is 8.32. The average molecular weight is 319 g/mol. The van der Waals surface area contributed by atoms with Gasteiger partial charge in [-0.15, -0.1) is 0 Å². The number of hydrogen-bond acceptors (Lipinski definition) is 4. The molecule has 1 amide bonds. The van der Waals surface area contributed by atoms with Crippen LogP contribution in [0.3, 0.4) is 0 Å². The van der Waals surface area contributed by atoms with E-state index in [1.54, 1.807) is 4.90 Å². The van der Waals surface area contributed by atoms with Crippen molar-refractivity contribution in [3.8, 4) is 0 Å². The van der Waals surface area contributed by atoms with Gasteiger partial charge >= 0.3 is 0 Å². The molecule has 2 atom stereocenters. The molecule has 5 heteroatoms. The SMILES string of the molecule is Cc1ccc(CN(CCO)C(=O)C23CCC(CC2=O)C3(C)C)o1. The van der Waals surface area contributed by atoms with E-state index in [4.69, 9.17) is 4.42 Å². The third-order valence-corrected chi connectivity index (χ3v) is 6.06. The van der Waals surface area contributed by atoms with Gasteiger partial charge in [0, 0.05) is 13.0 Å². The summed E-state index contributed by atoms with van der Waals surface area (Å²) in [4.78, 5) is 27.5. The normalized spacial score (nSPS) is 28.3. The van der Waals surface area contributed by atoms with Gasteiger partial charge in [0.1, 0.15) is 22.7 Å². The lowest BCUT2D eigenvalue weighted by atomic mass is 9.68. The van der Waals surface area contributed by atoms with Gasteiger partial charge in [-0.1, -0.05) is 13.8 Å². The first-order valence-corrected chi connectivity index (χ1v) is 8.32. The fourth-order valence-corrected chi connectivity index (χ4v) is 4.58. The number of carbonyl (C=O) groups excluding carboxylic acids is 2. The highest BCUT2D eigenvalue weighted by Crippen LogP contribution is 2.64. The number of furan rings is 1. The molecule has 0 saturated heterocycles. The summed E-state index contributed by atoms with van der Waals surface area (Å²) in [6.07, 6.45) is 2.06. The van der Waals surface area contributed by atoms with Crippen LogP contribution in [0.5, 0.6) is 0 Å². The van der Waals surface area contributed by atoms with Crippen LogP contribution in [-0.2, 0) is 16.1 Å². The van der Waals surface area contributed by atoms with Crippen LogP contribution in [0.1, 0.15) is 44.6 Å². The smallest absolute Gasteiger partial charge is 0.237 e. The molecule has 1 aromatic heterocycles. The topological polar surface area (TPSA) is 70.8 Å². The molecule has 1 aromatic rings. The maximum absolute atomic E-state index is 13.3. The van der Waals surface area contributed by atoms with Crippen molar-refractivity contribution in [2.75, 3.05) is 13.2 Å². The number of aliphatic hydroxyl groups is 1. The Morgan fingerprint density at radius 3 is 2.65 bits per heavy atom. The quantitative estimate of drug-likeness (QED) is 0.846. The summed E-state index contributed by atoms with van der Waals surface area (Å²) in [5.74, 6) is 1.69. The average Bonchev–Trinajstić information content (AvgIpc) is 3.07. The molecule has 23 heavy (non-hydrogen) atoms. The zero-order chi connectivity index (χ0) is 16.8. The molecule has 1 N–H and O–H groups in total. The molecule has 2 saturated carbocycles. The van der Waals surface area contributed by atoms with Crippen LogP contribution in [-0.4, -0.2) is 34.8 Å². The number of aliphatic hydroxyl groups excluding tert-OH is 1. The summed E-state index contributed by atoms with van der Waals surface area (Å²) in [5.41, 5.74) is -1.23. The second-order valence-corrected chi connectivity index (χ2v) is 7.45. The Morgan fingerprint density at radius 2 is 2.17 bits per heavy atom. The predicted octanol–water partition coefficient (Wildman–Crippen LogP) is 2.30. The zero-order valence-electron chi connectivity index (χ0n) is 14.1. The maximum atomic E-state index is 13.3. The third-order valence-electron chi connectivity index (χ3n) is 6.06. The van der Waals surface area contributed by atoms with E-state index in [-0.39, 0.29) is 30.3 Å². The van der Waals surface area contributed by atoms with Gasteiger partial charge in [-0.2, -0.15) is 0 Å². The molecule has 2 unspecified atom stereocenters. The number of nitrogens with zero attached hydrogens (tertiary/aromatic N) is 1. The van der Waals surface area contributed by atoms with Gasteiger partial charge < -0.3 is 14.4 Å². The molecule has 0 spiro atoms. The molecule has 2 fully saturated rings. The number of ketones is 1. The second kappa shape index (κ2) is 5.48. The molecule has 0 aliphatic heterocycles. The Bertz CT molecular complexity index is 633. The van der Waals surface area contributed by atoms with Crippen molar-refractivity contribution in [3.05, 3.63) is 23.7 Å². The minimum Gasteiger partial charge on any atom is -0.464 e. The van der Waals surface area contributed by atoms with Crippen molar-refractivity contribution in [3.63, 3.8) is 0 Å². The summed E-state index contributed by atoms with van der Waals surface area (Å²) in [7, 11) is 0. The lowest BCUT2D eigenvalue weighted by Gasteiger charge is -2.38. The highest BCUT2D eigenvalue weighted by molar-refractivity contribution is 6.09. The predicted molar refractivity (Wildman–Crippen MR) is 84.5 cm³/mol. The van der Waals surface area contributed by atoms with E-state index < -0.39 is 5.41 Å². The number of rotatable bonds is 5. The number of Topliss-reactive ketones (excluding diaryl/α,β-unsaturated/α-hetero) is 1. The fraction of sp³-hybridized carbons (Fsp3) is 0.667. The number of hydrogen-bond donors (Lipinski definition) is 1. The molecule has 2 bridgehead atoms. The Balaban J connectivity index is 1.90. The molecular formula is C18H25NO4. The van der Waals surface area contributed by atoms with Gasteiger partial charge in [0.25, 0.3) is 0 Å². The van der Waals surface area contributed by atoms with Crippen LogP contribution in [0.25, 0.3) is 0 Å². The van der Waals surface area contributed by atoms with Crippen molar-refractivity contribution >= 4 is 11.7 Å². The summed E-state index contributed by atoms with van der Waals surface area (Å²) >= 11 is 0. The Morgan fingerprint density at radius 1 is 1.43 bits per heavy atom. The summed E-state index contributed by atoms with van der Waals surface area (Å²) in [6.45, 7) is 6.33. The van der Waals surface area contributed by atoms with Crippen molar-refractivity contribution in [2.24, 2.45) is 16.7 Å². The largest absolute Gasteiger partial charge is 0.464 e. The van der Waals surface area contributed by atoms with Gasteiger partial charge in [0.05, 0.1) is 13.2 Å². The molecule has 5 nitrogen and oxygen atoms in total. The summed E-state index contributed by atoms with van der Waals surface area (Å²) in [5, 5.41) is 9.37. The minimum atomic E-state index is -0.922. The Hall–Kier alpha value is -1.62. The molecule has 2 aliphatic carbocycles. The Kier molecular flexibility index (Phi) is 3.87. The van der Waals surface area contributed by atoms with Gasteiger partial charge in [0.2, 0.25) is 5.91 Å². The van der Waals surface area contributed by atoms with Gasteiger partial charge in [-0.25, -0.2) is 0 Å². The van der Waals surface area contributed by atoms with E-state index in [2.05, 4.69) is 0 Å². The molecule has 2 aliphatic rings. The van der Waals surface area contributed by atoms with Crippen LogP contribution in [0.15, 0.2) is 16.5 Å². The van der Waals surface area contributed by atoms with Crippen molar-refractivity contribution in [1.82, 2.24) is 4.90 Å². The van der Waals surface area contributed by atoms with Crippen molar-refractivity contribution in [2.45, 2.75) is 46.6 Å². The summed E-state index contributed by atoms with van der Waals surface area (Å²) < 4.78 is 5.57. The van der Waals surface area contributed by atoms with E-state index in [0.717, 1.165) is 12.2 Å². The van der Waals surface area contributed by atoms with Crippen LogP contribution < -0.4 is 0 Å². The highest BCUT2D eigenvalue weighted by atomic mass is 16.3. The Labute approximate surface area is 136 Å². The maximum Gasteiger partial charge on any atom is 0.237 e. The third kappa shape index (κ3) is 2.24. The number of fused-ring (bicyclic) bond motifs is 2. The van der Waals surface area contributed by atoms with Crippen molar-refractivity contribution < 1.29 is 19.1 Å². The lowest BCUT2D eigenvalue weighted by Crippen LogP contribution is -2.51. The van der Waals surface area contributed by atoms with E-state index in [1.165, 1.54) is 0 Å². The number of amides is 1. The fourth-order valence-electron chi connectivity index (χ4n) is 4.58. The van der Waals surface area contributed by atoms with E-state index in [9.17, 15) is 14.7 Å². The zero-order valence-corrected chi connectivity index (χ0v) is 14.1. The molecule has 126 valence electrons. The van der Waals surface area contributed by atoms with Gasteiger partial charge in [-0.05, 0) is 43.2 Å². The van der Waals surface area contributed by atoms with E-state index in [0.29, 0.717) is 31.1 Å². The molecule has 1 heterocycles. The lowest BCUT2D eigenvalue weighted by molar-refractivity contribution is -0.154. The molecule has 0 aromatic carbocycles. The second-order valence-electron chi connectivity index (χ2n) is 7.45. The van der Waals surface area contributed by atoms with E-state index >= 15 is 0 Å². The summed E-state index contributed by atoms with van der Waals surface area (Å²) in [6, 6.07) is 3.69. The first-order chi connectivity index (χ1) is 10.8. The molecular weight excluding hydrogens is 294 g/mol. The van der Waals surface area contributed by atoms with E-state index in [1.807, 2.05) is 32.9 Å². The van der Waals surface area contributed by atoms with Gasteiger partial charge in [0.15, 0.2) is 0 Å². The minimum absolute atomic E-state index is 0.0716. The standard InChI is InChI=1S/C18H25NO4/c1-12-4-5-14(23-12)11-19(8-9-20)16(22)18-7-6-13(10-15(18)21)17(18,2)3/h4-5,13,20H,6-11H2,1-3H3. The van der Waals surface area contributed by atoms with Crippen LogP contribution in [0.4, 0.5) is 0 Å². The van der Waals surface area contributed by atoms with Crippen molar-refractivity contribution in [1.29, 1.82) is 0 Å². The van der Waals surface area contributed by atoms with Crippen LogP contribution in [0, 0.1) is 23.7 Å². The highest BCUT2D eigenvalue weighted by Gasteiger charge is 2.68. The monoisotopic (exact) mass is 319 g/mol. The van der Waals surface area contributed by atoms with Gasteiger partial charge in [-0.3, -0.25) is 9.59 Å². The number of aryl methyl sites for hydroxylation is 1.